The minimum absolute atomic E-state index is 0.153. The summed E-state index contributed by atoms with van der Waals surface area (Å²) < 4.78 is 0. The van der Waals surface area contributed by atoms with Gasteiger partial charge < -0.3 is 15.7 Å². The largest absolute Gasteiger partial charge is 0.384 e. The van der Waals surface area contributed by atoms with Gasteiger partial charge in [-0.2, -0.15) is 11.3 Å². The fraction of sp³-hybridized carbons (Fsp3) is 0.312. The van der Waals surface area contributed by atoms with Crippen LogP contribution in [0.4, 0.5) is 10.5 Å². The van der Waals surface area contributed by atoms with E-state index in [2.05, 4.69) is 10.6 Å². The highest BCUT2D eigenvalue weighted by Crippen LogP contribution is 2.22. The lowest BCUT2D eigenvalue weighted by molar-refractivity contribution is 0.0604. The Morgan fingerprint density at radius 3 is 2.76 bits per heavy atom. The fourth-order valence-corrected chi connectivity index (χ4v) is 2.76. The predicted octanol–water partition coefficient (Wildman–Crippen LogP) is 3.39. The molecule has 2 amide bonds. The Hall–Kier alpha value is -1.85. The lowest BCUT2D eigenvalue weighted by Crippen LogP contribution is -2.40. The van der Waals surface area contributed by atoms with Crippen LogP contribution in [-0.4, -0.2) is 17.7 Å². The van der Waals surface area contributed by atoms with Crippen molar-refractivity contribution < 1.29 is 9.90 Å². The molecule has 0 saturated carbocycles. The third kappa shape index (κ3) is 3.83. The highest BCUT2D eigenvalue weighted by atomic mass is 32.1. The van der Waals surface area contributed by atoms with Crippen LogP contribution in [0.3, 0.4) is 0 Å². The normalized spacial score (nSPS) is 13.5. The van der Waals surface area contributed by atoms with E-state index in [0.717, 1.165) is 22.4 Å². The van der Waals surface area contributed by atoms with E-state index < -0.39 is 5.60 Å². The molecule has 1 aromatic heterocycles. The van der Waals surface area contributed by atoms with E-state index in [9.17, 15) is 9.90 Å². The molecule has 1 heterocycles. The summed E-state index contributed by atoms with van der Waals surface area (Å²) in [6.07, 6.45) is 0. The molecule has 5 heteroatoms. The number of benzene rings is 1. The molecule has 4 nitrogen and oxygen atoms in total. The maximum Gasteiger partial charge on any atom is 0.319 e. The molecule has 0 radical (unpaired) electrons. The van der Waals surface area contributed by atoms with Crippen molar-refractivity contribution in [2.75, 3.05) is 11.9 Å². The SMILES string of the molecule is Cc1cccc(NC(=O)NCC(C)(O)c2ccsc2)c1C. The van der Waals surface area contributed by atoms with Gasteiger partial charge >= 0.3 is 6.03 Å². The van der Waals surface area contributed by atoms with Crippen molar-refractivity contribution in [3.63, 3.8) is 0 Å². The Morgan fingerprint density at radius 1 is 1.33 bits per heavy atom. The van der Waals surface area contributed by atoms with Gasteiger partial charge in [0.05, 0.1) is 6.54 Å². The highest BCUT2D eigenvalue weighted by molar-refractivity contribution is 7.08. The van der Waals surface area contributed by atoms with Crippen LogP contribution < -0.4 is 10.6 Å². The molecule has 2 aromatic rings. The number of rotatable bonds is 4. The van der Waals surface area contributed by atoms with Gasteiger partial charge in [0.1, 0.15) is 5.60 Å². The van der Waals surface area contributed by atoms with Crippen LogP contribution >= 0.6 is 11.3 Å². The van der Waals surface area contributed by atoms with Crippen LogP contribution in [0.5, 0.6) is 0 Å². The Labute approximate surface area is 128 Å². The number of amides is 2. The van der Waals surface area contributed by atoms with Crippen LogP contribution in [-0.2, 0) is 5.60 Å². The van der Waals surface area contributed by atoms with E-state index in [1.54, 1.807) is 6.92 Å². The predicted molar refractivity (Wildman–Crippen MR) is 86.8 cm³/mol. The van der Waals surface area contributed by atoms with Crippen molar-refractivity contribution >= 4 is 23.1 Å². The summed E-state index contributed by atoms with van der Waals surface area (Å²) >= 11 is 1.52. The highest BCUT2D eigenvalue weighted by Gasteiger charge is 2.24. The summed E-state index contributed by atoms with van der Waals surface area (Å²) in [5.41, 5.74) is 2.68. The number of anilines is 1. The average Bonchev–Trinajstić information content (AvgIpc) is 2.97. The van der Waals surface area contributed by atoms with E-state index in [-0.39, 0.29) is 12.6 Å². The summed E-state index contributed by atoms with van der Waals surface area (Å²) in [6, 6.07) is 7.30. The zero-order valence-corrected chi connectivity index (χ0v) is 13.3. The topological polar surface area (TPSA) is 61.4 Å². The van der Waals surface area contributed by atoms with Gasteiger partial charge in [0, 0.05) is 5.69 Å². The quantitative estimate of drug-likeness (QED) is 0.811. The Balaban J connectivity index is 1.95. The first kappa shape index (κ1) is 15.5. The van der Waals surface area contributed by atoms with Crippen molar-refractivity contribution in [1.29, 1.82) is 0 Å². The number of aryl methyl sites for hydroxylation is 1. The summed E-state index contributed by atoms with van der Waals surface area (Å²) in [4.78, 5) is 12.0. The van der Waals surface area contributed by atoms with E-state index in [1.807, 2.05) is 48.9 Å². The van der Waals surface area contributed by atoms with Gasteiger partial charge in [-0.05, 0) is 60.4 Å². The van der Waals surface area contributed by atoms with Crippen LogP contribution in [0.1, 0.15) is 23.6 Å². The maximum absolute atomic E-state index is 12.0. The molecule has 0 aliphatic rings. The molecule has 0 spiro atoms. The van der Waals surface area contributed by atoms with Crippen molar-refractivity contribution in [2.45, 2.75) is 26.4 Å². The van der Waals surface area contributed by atoms with Crippen LogP contribution in [0.25, 0.3) is 0 Å². The number of aliphatic hydroxyl groups is 1. The molecule has 0 saturated heterocycles. The van der Waals surface area contributed by atoms with Gasteiger partial charge in [-0.15, -0.1) is 0 Å². The molecule has 0 aliphatic carbocycles. The van der Waals surface area contributed by atoms with Crippen molar-refractivity contribution in [3.8, 4) is 0 Å². The molecule has 1 aromatic carbocycles. The first-order valence-electron chi connectivity index (χ1n) is 6.76. The van der Waals surface area contributed by atoms with E-state index in [0.29, 0.717) is 0 Å². The number of thiophene rings is 1. The fourth-order valence-electron chi connectivity index (χ4n) is 1.98. The smallest absolute Gasteiger partial charge is 0.319 e. The second-order valence-corrected chi connectivity index (χ2v) is 6.12. The Morgan fingerprint density at radius 2 is 2.10 bits per heavy atom. The van der Waals surface area contributed by atoms with Crippen LogP contribution in [0, 0.1) is 13.8 Å². The van der Waals surface area contributed by atoms with Crippen LogP contribution in [0.2, 0.25) is 0 Å². The molecule has 2 rings (SSSR count). The van der Waals surface area contributed by atoms with Gasteiger partial charge in [0.15, 0.2) is 0 Å². The third-order valence-corrected chi connectivity index (χ3v) is 4.27. The van der Waals surface area contributed by atoms with Gasteiger partial charge in [-0.3, -0.25) is 0 Å². The monoisotopic (exact) mass is 304 g/mol. The summed E-state index contributed by atoms with van der Waals surface area (Å²) in [5, 5.41) is 19.7. The lowest BCUT2D eigenvalue weighted by atomic mass is 9.99. The van der Waals surface area contributed by atoms with Crippen molar-refractivity contribution in [3.05, 3.63) is 51.7 Å². The summed E-state index contributed by atoms with van der Waals surface area (Å²) in [5.74, 6) is 0. The molecular weight excluding hydrogens is 284 g/mol. The lowest BCUT2D eigenvalue weighted by Gasteiger charge is -2.23. The van der Waals surface area contributed by atoms with Crippen LogP contribution in [0.15, 0.2) is 35.0 Å². The number of urea groups is 1. The van der Waals surface area contributed by atoms with Gasteiger partial charge in [-0.1, -0.05) is 12.1 Å². The Bertz CT molecular complexity index is 621. The first-order valence-corrected chi connectivity index (χ1v) is 7.70. The first-order chi connectivity index (χ1) is 9.90. The third-order valence-electron chi connectivity index (χ3n) is 3.59. The standard InChI is InChI=1S/C16H20N2O2S/c1-11-5-4-6-14(12(11)2)18-15(19)17-10-16(3,20)13-7-8-21-9-13/h4-9,20H,10H2,1-3H3,(H2,17,18,19). The van der Waals surface area contributed by atoms with Gasteiger partial charge in [-0.25, -0.2) is 4.79 Å². The zero-order chi connectivity index (χ0) is 15.5. The minimum atomic E-state index is -1.07. The molecule has 1 unspecified atom stereocenters. The average molecular weight is 304 g/mol. The number of hydrogen-bond donors (Lipinski definition) is 3. The molecular formula is C16H20N2O2S. The molecule has 0 fully saturated rings. The number of nitrogens with one attached hydrogen (secondary N) is 2. The number of carbonyl (C=O) groups is 1. The van der Waals surface area contributed by atoms with Crippen molar-refractivity contribution in [1.82, 2.24) is 5.32 Å². The number of carbonyl (C=O) groups excluding carboxylic acids is 1. The molecule has 21 heavy (non-hydrogen) atoms. The van der Waals surface area contributed by atoms with Gasteiger partial charge in [0.25, 0.3) is 0 Å². The maximum atomic E-state index is 12.0. The molecule has 0 aliphatic heterocycles. The second-order valence-electron chi connectivity index (χ2n) is 5.34. The zero-order valence-electron chi connectivity index (χ0n) is 12.4. The van der Waals surface area contributed by atoms with Gasteiger partial charge in [0.2, 0.25) is 0 Å². The molecule has 1 atom stereocenters. The number of hydrogen-bond acceptors (Lipinski definition) is 3. The van der Waals surface area contributed by atoms with Crippen molar-refractivity contribution in [2.24, 2.45) is 0 Å². The minimum Gasteiger partial charge on any atom is -0.384 e. The molecule has 3 N–H and O–H groups in total. The van der Waals surface area contributed by atoms with E-state index in [1.165, 1.54) is 11.3 Å². The second kappa shape index (κ2) is 6.28. The summed E-state index contributed by atoms with van der Waals surface area (Å²) in [6.45, 7) is 5.81. The Kier molecular flexibility index (Phi) is 4.65. The molecule has 112 valence electrons. The summed E-state index contributed by atoms with van der Waals surface area (Å²) in [7, 11) is 0. The van der Waals surface area contributed by atoms with E-state index >= 15 is 0 Å². The molecule has 0 bridgehead atoms. The van der Waals surface area contributed by atoms with E-state index in [4.69, 9.17) is 0 Å².